The monoisotopic (exact) mass is 229 g/mol. The highest BCUT2D eigenvalue weighted by Crippen LogP contribution is 2.25. The zero-order valence-corrected chi connectivity index (χ0v) is 8.76. The lowest BCUT2D eigenvalue weighted by molar-refractivity contribution is 0.342. The van der Waals surface area contributed by atoms with Crippen LogP contribution in [0.2, 0.25) is 0 Å². The molecule has 0 amide bonds. The fourth-order valence-electron chi connectivity index (χ4n) is 1.50. The van der Waals surface area contributed by atoms with Crippen molar-refractivity contribution in [3.63, 3.8) is 0 Å². The molecule has 84 valence electrons. The molecule has 0 unspecified atom stereocenters. The van der Waals surface area contributed by atoms with Crippen LogP contribution in [0.25, 0.3) is 11.1 Å². The third-order valence-corrected chi connectivity index (χ3v) is 2.29. The average Bonchev–Trinajstić information content (AvgIpc) is 2.74. The minimum Gasteiger partial charge on any atom is -0.411 e. The van der Waals surface area contributed by atoms with Crippen molar-refractivity contribution in [1.82, 2.24) is 4.98 Å². The first-order valence-electron chi connectivity index (χ1n) is 5.10. The lowest BCUT2D eigenvalue weighted by atomic mass is 10.3. The summed E-state index contributed by atoms with van der Waals surface area (Å²) in [5, 5.41) is 0. The molecule has 3 rings (SSSR count). The molecule has 0 radical (unpaired) electrons. The molecular formula is C13H8FNO2. The predicted molar refractivity (Wildman–Crippen MR) is 60.5 cm³/mol. The second-order valence-electron chi connectivity index (χ2n) is 3.50. The van der Waals surface area contributed by atoms with Gasteiger partial charge in [-0.25, -0.2) is 4.39 Å². The molecule has 0 saturated heterocycles. The van der Waals surface area contributed by atoms with Crippen molar-refractivity contribution in [1.29, 1.82) is 0 Å². The maximum absolute atomic E-state index is 12.7. The Morgan fingerprint density at radius 2 is 1.76 bits per heavy atom. The van der Waals surface area contributed by atoms with Gasteiger partial charge < -0.3 is 9.15 Å². The Morgan fingerprint density at radius 3 is 2.53 bits per heavy atom. The number of halogens is 1. The van der Waals surface area contributed by atoms with E-state index in [2.05, 4.69) is 4.98 Å². The standard InChI is InChI=1S/C13H8FNO2/c14-9-5-7-10(8-6-9)16-13-15-11-3-1-2-4-12(11)17-13/h1-8H. The SMILES string of the molecule is Fc1ccc(Oc2nc3ccccc3o2)cc1. The highest BCUT2D eigenvalue weighted by Gasteiger charge is 2.06. The van der Waals surface area contributed by atoms with Crippen molar-refractivity contribution in [3.8, 4) is 11.8 Å². The van der Waals surface area contributed by atoms with Gasteiger partial charge in [-0.05, 0) is 36.4 Å². The largest absolute Gasteiger partial charge is 0.411 e. The van der Waals surface area contributed by atoms with Crippen LogP contribution in [0.15, 0.2) is 52.9 Å². The summed E-state index contributed by atoms with van der Waals surface area (Å²) in [6.45, 7) is 0. The highest BCUT2D eigenvalue weighted by atomic mass is 19.1. The molecule has 1 aromatic heterocycles. The van der Waals surface area contributed by atoms with Crippen LogP contribution in [0.1, 0.15) is 0 Å². The van der Waals surface area contributed by atoms with E-state index in [0.29, 0.717) is 11.3 Å². The third kappa shape index (κ3) is 1.97. The van der Waals surface area contributed by atoms with Gasteiger partial charge in [0.2, 0.25) is 0 Å². The molecule has 0 aliphatic heterocycles. The summed E-state index contributed by atoms with van der Waals surface area (Å²) in [7, 11) is 0. The maximum Gasteiger partial charge on any atom is 0.400 e. The smallest absolute Gasteiger partial charge is 0.400 e. The Morgan fingerprint density at radius 1 is 1.00 bits per heavy atom. The van der Waals surface area contributed by atoms with Crippen LogP contribution in [0.4, 0.5) is 4.39 Å². The van der Waals surface area contributed by atoms with E-state index in [4.69, 9.17) is 9.15 Å². The van der Waals surface area contributed by atoms with Crippen molar-refractivity contribution in [3.05, 3.63) is 54.3 Å². The number of oxazole rings is 1. The normalized spacial score (nSPS) is 10.6. The van der Waals surface area contributed by atoms with Gasteiger partial charge in [0, 0.05) is 0 Å². The Kier molecular flexibility index (Phi) is 2.26. The zero-order chi connectivity index (χ0) is 11.7. The predicted octanol–water partition coefficient (Wildman–Crippen LogP) is 3.76. The molecule has 2 aromatic carbocycles. The number of para-hydroxylation sites is 2. The molecule has 1 heterocycles. The topological polar surface area (TPSA) is 35.3 Å². The number of hydrogen-bond donors (Lipinski definition) is 0. The molecule has 0 N–H and O–H groups in total. The Balaban J connectivity index is 1.92. The summed E-state index contributed by atoms with van der Waals surface area (Å²) >= 11 is 0. The van der Waals surface area contributed by atoms with Gasteiger partial charge in [-0.2, -0.15) is 4.98 Å². The van der Waals surface area contributed by atoms with Crippen LogP contribution < -0.4 is 4.74 Å². The first kappa shape index (κ1) is 9.84. The number of aromatic nitrogens is 1. The van der Waals surface area contributed by atoms with Crippen LogP contribution in [0.5, 0.6) is 11.8 Å². The molecule has 4 heteroatoms. The van der Waals surface area contributed by atoms with Crippen LogP contribution in [-0.4, -0.2) is 4.98 Å². The van der Waals surface area contributed by atoms with Gasteiger partial charge in [-0.3, -0.25) is 0 Å². The number of nitrogens with zero attached hydrogens (tertiary/aromatic N) is 1. The van der Waals surface area contributed by atoms with E-state index in [0.717, 1.165) is 5.52 Å². The second-order valence-corrected chi connectivity index (χ2v) is 3.50. The minimum absolute atomic E-state index is 0.151. The molecule has 0 bridgehead atoms. The van der Waals surface area contributed by atoms with E-state index in [-0.39, 0.29) is 11.9 Å². The van der Waals surface area contributed by atoms with Gasteiger partial charge in [0.1, 0.15) is 17.1 Å². The van der Waals surface area contributed by atoms with Gasteiger partial charge in [-0.15, -0.1) is 0 Å². The van der Waals surface area contributed by atoms with Crippen LogP contribution in [-0.2, 0) is 0 Å². The number of ether oxygens (including phenoxy) is 1. The summed E-state index contributed by atoms with van der Waals surface area (Å²) in [6.07, 6.45) is 0.151. The maximum atomic E-state index is 12.7. The van der Waals surface area contributed by atoms with E-state index in [1.165, 1.54) is 24.3 Å². The van der Waals surface area contributed by atoms with Crippen LogP contribution in [0.3, 0.4) is 0 Å². The Bertz CT molecular complexity index is 613. The van der Waals surface area contributed by atoms with E-state index in [1.807, 2.05) is 18.2 Å². The molecule has 0 aliphatic carbocycles. The Hall–Kier alpha value is -2.36. The molecule has 0 saturated carbocycles. The van der Waals surface area contributed by atoms with Gasteiger partial charge in [0.15, 0.2) is 5.58 Å². The average molecular weight is 229 g/mol. The summed E-state index contributed by atoms with van der Waals surface area (Å²) in [5.74, 6) is 0.174. The van der Waals surface area contributed by atoms with Crippen LogP contribution >= 0.6 is 0 Å². The molecule has 3 aromatic rings. The minimum atomic E-state index is -0.310. The van der Waals surface area contributed by atoms with E-state index >= 15 is 0 Å². The van der Waals surface area contributed by atoms with Crippen molar-refractivity contribution in [2.45, 2.75) is 0 Å². The third-order valence-electron chi connectivity index (χ3n) is 2.29. The van der Waals surface area contributed by atoms with Gasteiger partial charge in [-0.1, -0.05) is 12.1 Å². The van der Waals surface area contributed by atoms with Gasteiger partial charge >= 0.3 is 6.08 Å². The fraction of sp³-hybridized carbons (Fsp3) is 0. The number of rotatable bonds is 2. The molecule has 0 aliphatic rings. The molecule has 0 atom stereocenters. The summed E-state index contributed by atoms with van der Waals surface area (Å²) < 4.78 is 23.4. The van der Waals surface area contributed by atoms with E-state index < -0.39 is 0 Å². The van der Waals surface area contributed by atoms with Crippen molar-refractivity contribution < 1.29 is 13.5 Å². The number of fused-ring (bicyclic) bond motifs is 1. The lowest BCUT2D eigenvalue weighted by Crippen LogP contribution is -1.83. The molecule has 0 spiro atoms. The van der Waals surface area contributed by atoms with Crippen LogP contribution in [0, 0.1) is 5.82 Å². The number of hydrogen-bond acceptors (Lipinski definition) is 3. The van der Waals surface area contributed by atoms with E-state index in [9.17, 15) is 4.39 Å². The zero-order valence-electron chi connectivity index (χ0n) is 8.76. The van der Waals surface area contributed by atoms with Crippen molar-refractivity contribution in [2.24, 2.45) is 0 Å². The van der Waals surface area contributed by atoms with Crippen molar-refractivity contribution in [2.75, 3.05) is 0 Å². The first-order valence-corrected chi connectivity index (χ1v) is 5.10. The molecule has 3 nitrogen and oxygen atoms in total. The molecule has 0 fully saturated rings. The quantitative estimate of drug-likeness (QED) is 0.671. The fourth-order valence-corrected chi connectivity index (χ4v) is 1.50. The highest BCUT2D eigenvalue weighted by molar-refractivity contribution is 5.72. The summed E-state index contributed by atoms with van der Waals surface area (Å²) in [4.78, 5) is 4.15. The van der Waals surface area contributed by atoms with E-state index in [1.54, 1.807) is 6.07 Å². The van der Waals surface area contributed by atoms with Crippen molar-refractivity contribution >= 4 is 11.1 Å². The molecule has 17 heavy (non-hydrogen) atoms. The van der Waals surface area contributed by atoms with Gasteiger partial charge in [0.05, 0.1) is 0 Å². The summed E-state index contributed by atoms with van der Waals surface area (Å²) in [5.41, 5.74) is 1.38. The lowest BCUT2D eigenvalue weighted by Gasteiger charge is -1.98. The van der Waals surface area contributed by atoms with Gasteiger partial charge in [0.25, 0.3) is 0 Å². The molecular weight excluding hydrogens is 221 g/mol. The second kappa shape index (κ2) is 3.90. The summed E-state index contributed by atoms with van der Waals surface area (Å²) in [6, 6.07) is 13.0. The number of benzene rings is 2. The first-order chi connectivity index (χ1) is 8.31. The Labute approximate surface area is 96.5 Å².